The smallest absolute Gasteiger partial charge is 0.332 e. The first kappa shape index (κ1) is 25.3. The molecule has 0 bridgehead atoms. The summed E-state index contributed by atoms with van der Waals surface area (Å²) in [6, 6.07) is 6.79. The average molecular weight is 450 g/mol. The Labute approximate surface area is 186 Å². The second-order valence-corrected chi connectivity index (χ2v) is 7.68. The van der Waals surface area contributed by atoms with Gasteiger partial charge in [-0.3, -0.25) is 9.59 Å². The van der Waals surface area contributed by atoms with Crippen LogP contribution in [0.4, 0.5) is 0 Å². The van der Waals surface area contributed by atoms with Gasteiger partial charge in [-0.2, -0.15) is 0 Å². The Hall–Kier alpha value is -2.95. The number of para-hydroxylation sites is 1. The standard InChI is InChI=1S/C22H31N3O7/c1-14(23-10-7-19(26)22(30)31)6-9-24-18(21(28)29)8-11-32-20(27)12-15-13-25-17-5-3-2-4-16(15)17/h2-5,13-14,18-19,23-26H,6-12H2,1H3,(H,28,29)(H,30,31)/t14-,18+,19+/m1/s1. The molecule has 0 amide bonds. The van der Waals surface area contributed by atoms with Crippen LogP contribution in [0.3, 0.4) is 0 Å². The van der Waals surface area contributed by atoms with E-state index >= 15 is 0 Å². The number of H-pyrrole nitrogens is 1. The monoisotopic (exact) mass is 449 g/mol. The minimum atomic E-state index is -1.40. The van der Waals surface area contributed by atoms with E-state index in [9.17, 15) is 24.6 Å². The number of aliphatic carboxylic acids is 2. The van der Waals surface area contributed by atoms with Crippen molar-refractivity contribution in [1.29, 1.82) is 0 Å². The number of aromatic nitrogens is 1. The third kappa shape index (κ3) is 8.29. The first-order valence-electron chi connectivity index (χ1n) is 10.6. The second kappa shape index (κ2) is 12.8. The van der Waals surface area contributed by atoms with Crippen LogP contribution in [0.15, 0.2) is 30.5 Å². The van der Waals surface area contributed by atoms with Crippen molar-refractivity contribution in [1.82, 2.24) is 15.6 Å². The van der Waals surface area contributed by atoms with Crippen LogP contribution in [0.1, 0.15) is 31.7 Å². The summed E-state index contributed by atoms with van der Waals surface area (Å²) in [5, 5.41) is 34.2. The van der Waals surface area contributed by atoms with Crippen molar-refractivity contribution in [3.63, 3.8) is 0 Å². The van der Waals surface area contributed by atoms with Gasteiger partial charge in [0.2, 0.25) is 0 Å². The number of carbonyl (C=O) groups excluding carboxylic acids is 1. The number of carboxylic acids is 2. The SMILES string of the molecule is C[C@H](CCN[C@@H](CCOC(=O)Cc1c[nH]c2ccccc12)C(=O)O)NCC[C@H](O)C(=O)O. The molecule has 0 unspecified atom stereocenters. The fraction of sp³-hybridized carbons (Fsp3) is 0.500. The number of carbonyl (C=O) groups is 3. The molecular weight excluding hydrogens is 418 g/mol. The average Bonchev–Trinajstić information content (AvgIpc) is 3.15. The Balaban J connectivity index is 1.66. The Morgan fingerprint density at radius 1 is 1.03 bits per heavy atom. The van der Waals surface area contributed by atoms with Gasteiger partial charge in [-0.1, -0.05) is 18.2 Å². The van der Waals surface area contributed by atoms with Crippen LogP contribution in [0, 0.1) is 0 Å². The minimum Gasteiger partial charge on any atom is -0.480 e. The van der Waals surface area contributed by atoms with Crippen LogP contribution >= 0.6 is 0 Å². The lowest BCUT2D eigenvalue weighted by Crippen LogP contribution is -2.40. The maximum absolute atomic E-state index is 12.1. The van der Waals surface area contributed by atoms with Gasteiger partial charge in [0, 0.05) is 29.6 Å². The van der Waals surface area contributed by atoms with E-state index in [1.165, 1.54) is 0 Å². The maximum atomic E-state index is 12.1. The van der Waals surface area contributed by atoms with E-state index in [4.69, 9.17) is 9.84 Å². The van der Waals surface area contributed by atoms with E-state index in [1.807, 2.05) is 31.2 Å². The summed E-state index contributed by atoms with van der Waals surface area (Å²) in [6.07, 6.45) is 1.31. The van der Waals surface area contributed by atoms with E-state index in [0.717, 1.165) is 16.5 Å². The highest BCUT2D eigenvalue weighted by Gasteiger charge is 2.18. The molecule has 1 aromatic carbocycles. The molecule has 0 saturated carbocycles. The predicted molar refractivity (Wildman–Crippen MR) is 117 cm³/mol. The number of hydrogen-bond acceptors (Lipinski definition) is 7. The highest BCUT2D eigenvalue weighted by Crippen LogP contribution is 2.18. The summed E-state index contributed by atoms with van der Waals surface area (Å²) in [7, 11) is 0. The molecule has 0 aliphatic rings. The molecule has 2 aromatic rings. The summed E-state index contributed by atoms with van der Waals surface area (Å²) >= 11 is 0. The Morgan fingerprint density at radius 3 is 2.47 bits per heavy atom. The van der Waals surface area contributed by atoms with E-state index in [-0.39, 0.29) is 31.9 Å². The van der Waals surface area contributed by atoms with Crippen LogP contribution in [-0.4, -0.2) is 76.1 Å². The van der Waals surface area contributed by atoms with Crippen LogP contribution < -0.4 is 10.6 Å². The van der Waals surface area contributed by atoms with Gasteiger partial charge in [-0.25, -0.2) is 4.79 Å². The van der Waals surface area contributed by atoms with Gasteiger partial charge in [0.05, 0.1) is 13.0 Å². The summed E-state index contributed by atoms with van der Waals surface area (Å²) < 4.78 is 5.23. The highest BCUT2D eigenvalue weighted by molar-refractivity contribution is 5.87. The molecule has 176 valence electrons. The zero-order valence-corrected chi connectivity index (χ0v) is 18.0. The van der Waals surface area contributed by atoms with Gasteiger partial charge < -0.3 is 35.7 Å². The van der Waals surface area contributed by atoms with Gasteiger partial charge in [0.15, 0.2) is 6.10 Å². The molecule has 0 aliphatic heterocycles. The van der Waals surface area contributed by atoms with E-state index in [0.29, 0.717) is 19.5 Å². The molecule has 0 radical (unpaired) electrons. The Bertz CT molecular complexity index is 899. The number of fused-ring (bicyclic) bond motifs is 1. The molecule has 0 fully saturated rings. The molecule has 10 heteroatoms. The number of rotatable bonds is 15. The summed E-state index contributed by atoms with van der Waals surface area (Å²) in [5.74, 6) is -2.70. The van der Waals surface area contributed by atoms with Crippen molar-refractivity contribution >= 4 is 28.8 Å². The van der Waals surface area contributed by atoms with Crippen molar-refractivity contribution in [2.45, 2.75) is 50.8 Å². The largest absolute Gasteiger partial charge is 0.480 e. The third-order valence-electron chi connectivity index (χ3n) is 5.14. The quantitative estimate of drug-likeness (QED) is 0.217. The number of esters is 1. The number of aliphatic hydroxyl groups is 1. The van der Waals surface area contributed by atoms with Gasteiger partial charge in [0.1, 0.15) is 6.04 Å². The molecule has 2 rings (SSSR count). The van der Waals surface area contributed by atoms with Crippen molar-refractivity contribution < 1.29 is 34.4 Å². The predicted octanol–water partition coefficient (Wildman–Crippen LogP) is 0.890. The molecule has 3 atom stereocenters. The number of hydrogen-bond donors (Lipinski definition) is 6. The summed E-state index contributed by atoms with van der Waals surface area (Å²) in [5.41, 5.74) is 1.77. The second-order valence-electron chi connectivity index (χ2n) is 7.68. The zero-order valence-electron chi connectivity index (χ0n) is 18.0. The molecule has 1 heterocycles. The molecule has 1 aromatic heterocycles. The molecular formula is C22H31N3O7. The maximum Gasteiger partial charge on any atom is 0.332 e. The number of carboxylic acid groups (broad SMARTS) is 2. The molecule has 6 N–H and O–H groups in total. The molecule has 0 saturated heterocycles. The van der Waals surface area contributed by atoms with Gasteiger partial charge in [-0.05, 0) is 44.5 Å². The number of benzene rings is 1. The fourth-order valence-corrected chi connectivity index (χ4v) is 3.25. The van der Waals surface area contributed by atoms with Crippen molar-refractivity contribution in [3.05, 3.63) is 36.0 Å². The lowest BCUT2D eigenvalue weighted by molar-refractivity contribution is -0.147. The zero-order chi connectivity index (χ0) is 23.5. The first-order chi connectivity index (χ1) is 15.3. The molecule has 0 spiro atoms. The lowest BCUT2D eigenvalue weighted by atomic mass is 10.1. The molecule has 0 aliphatic carbocycles. The Kier molecular flexibility index (Phi) is 10.1. The first-order valence-corrected chi connectivity index (χ1v) is 10.6. The fourth-order valence-electron chi connectivity index (χ4n) is 3.25. The number of aromatic amines is 1. The van der Waals surface area contributed by atoms with Crippen molar-refractivity contribution in [2.75, 3.05) is 19.7 Å². The van der Waals surface area contributed by atoms with Crippen molar-refractivity contribution in [2.24, 2.45) is 0 Å². The molecule has 10 nitrogen and oxygen atoms in total. The van der Waals surface area contributed by atoms with E-state index < -0.39 is 30.1 Å². The van der Waals surface area contributed by atoms with Crippen LogP contribution in [0.25, 0.3) is 10.9 Å². The third-order valence-corrected chi connectivity index (χ3v) is 5.14. The minimum absolute atomic E-state index is 0.00643. The van der Waals surface area contributed by atoms with Crippen LogP contribution in [0.2, 0.25) is 0 Å². The topological polar surface area (TPSA) is 161 Å². The van der Waals surface area contributed by atoms with E-state index in [1.54, 1.807) is 6.20 Å². The van der Waals surface area contributed by atoms with Crippen molar-refractivity contribution in [3.8, 4) is 0 Å². The van der Waals surface area contributed by atoms with E-state index in [2.05, 4.69) is 15.6 Å². The number of ether oxygens (including phenoxy) is 1. The summed E-state index contributed by atoms with van der Waals surface area (Å²) in [4.78, 5) is 37.3. The van der Waals surface area contributed by atoms with Gasteiger partial charge in [0.25, 0.3) is 0 Å². The number of nitrogens with one attached hydrogen (secondary N) is 3. The van der Waals surface area contributed by atoms with Crippen LogP contribution in [0.5, 0.6) is 0 Å². The lowest BCUT2D eigenvalue weighted by Gasteiger charge is -2.18. The van der Waals surface area contributed by atoms with Gasteiger partial charge >= 0.3 is 17.9 Å². The highest BCUT2D eigenvalue weighted by atomic mass is 16.5. The molecule has 32 heavy (non-hydrogen) atoms. The van der Waals surface area contributed by atoms with Gasteiger partial charge in [-0.15, -0.1) is 0 Å². The Morgan fingerprint density at radius 2 is 1.75 bits per heavy atom. The number of aliphatic hydroxyl groups excluding tert-OH is 1. The van der Waals surface area contributed by atoms with Crippen LogP contribution in [-0.2, 0) is 25.5 Å². The normalized spacial score (nSPS) is 14.1. The summed E-state index contributed by atoms with van der Waals surface area (Å²) in [6.45, 7) is 2.63.